The van der Waals surface area contributed by atoms with Gasteiger partial charge in [0.1, 0.15) is 0 Å². The Morgan fingerprint density at radius 1 is 1.33 bits per heavy atom. The van der Waals surface area contributed by atoms with Crippen LogP contribution in [0.4, 0.5) is 5.69 Å². The van der Waals surface area contributed by atoms with Crippen LogP contribution in [-0.4, -0.2) is 11.4 Å². The standard InChI is InChI=1S/C14H19BrN2O/c1-10-5-6-11(9-12(10)15)17-13(18)14(16)7-3-2-4-8-14/h5-6,9H,2-4,7-8,16H2,1H3,(H,17,18). The van der Waals surface area contributed by atoms with Crippen molar-refractivity contribution in [1.29, 1.82) is 0 Å². The van der Waals surface area contributed by atoms with Gasteiger partial charge >= 0.3 is 0 Å². The molecule has 18 heavy (non-hydrogen) atoms. The first kappa shape index (κ1) is 13.6. The zero-order valence-electron chi connectivity index (χ0n) is 10.6. The third-order valence-corrected chi connectivity index (χ3v) is 4.48. The van der Waals surface area contributed by atoms with Gasteiger partial charge in [0.25, 0.3) is 0 Å². The number of rotatable bonds is 2. The fourth-order valence-electron chi connectivity index (χ4n) is 2.34. The van der Waals surface area contributed by atoms with Crippen LogP contribution in [0.15, 0.2) is 22.7 Å². The van der Waals surface area contributed by atoms with Gasteiger partial charge in [0.05, 0.1) is 5.54 Å². The van der Waals surface area contributed by atoms with E-state index < -0.39 is 5.54 Å². The molecule has 4 heteroatoms. The number of carbonyl (C=O) groups excluding carboxylic acids is 1. The first-order valence-corrected chi connectivity index (χ1v) is 7.17. The minimum absolute atomic E-state index is 0.0575. The number of hydrogen-bond acceptors (Lipinski definition) is 2. The molecule has 1 aliphatic carbocycles. The van der Waals surface area contributed by atoms with Crippen LogP contribution in [0.3, 0.4) is 0 Å². The lowest BCUT2D eigenvalue weighted by molar-refractivity contribution is -0.122. The molecule has 0 aromatic heterocycles. The van der Waals surface area contributed by atoms with E-state index in [4.69, 9.17) is 5.73 Å². The van der Waals surface area contributed by atoms with Crippen LogP contribution in [-0.2, 0) is 4.79 Å². The second-order valence-electron chi connectivity index (χ2n) is 5.13. The van der Waals surface area contributed by atoms with Crippen molar-refractivity contribution >= 4 is 27.5 Å². The summed E-state index contributed by atoms with van der Waals surface area (Å²) in [6, 6.07) is 5.80. The molecular weight excluding hydrogens is 292 g/mol. The maximum Gasteiger partial charge on any atom is 0.244 e. The van der Waals surface area contributed by atoms with Crippen LogP contribution in [0.25, 0.3) is 0 Å². The Kier molecular flexibility index (Phi) is 4.07. The van der Waals surface area contributed by atoms with E-state index in [1.165, 1.54) is 6.42 Å². The largest absolute Gasteiger partial charge is 0.324 e. The molecule has 1 aromatic rings. The van der Waals surface area contributed by atoms with Crippen LogP contribution in [0.1, 0.15) is 37.7 Å². The number of nitrogens with one attached hydrogen (secondary N) is 1. The van der Waals surface area contributed by atoms with Crippen molar-refractivity contribution in [3.05, 3.63) is 28.2 Å². The number of aryl methyl sites for hydroxylation is 1. The molecule has 0 saturated heterocycles. The zero-order valence-corrected chi connectivity index (χ0v) is 12.2. The van der Waals surface area contributed by atoms with E-state index in [-0.39, 0.29) is 5.91 Å². The summed E-state index contributed by atoms with van der Waals surface area (Å²) in [6.07, 6.45) is 4.84. The molecule has 3 nitrogen and oxygen atoms in total. The summed E-state index contributed by atoms with van der Waals surface area (Å²) in [7, 11) is 0. The van der Waals surface area contributed by atoms with Crippen LogP contribution < -0.4 is 11.1 Å². The molecule has 0 atom stereocenters. The van der Waals surface area contributed by atoms with Gasteiger partial charge in [-0.3, -0.25) is 4.79 Å². The van der Waals surface area contributed by atoms with E-state index in [2.05, 4.69) is 21.2 Å². The van der Waals surface area contributed by atoms with Crippen molar-refractivity contribution in [2.24, 2.45) is 5.73 Å². The van der Waals surface area contributed by atoms with Gasteiger partial charge in [-0.05, 0) is 37.5 Å². The lowest BCUT2D eigenvalue weighted by Crippen LogP contribution is -2.52. The second-order valence-corrected chi connectivity index (χ2v) is 5.99. The number of nitrogens with two attached hydrogens (primary N) is 1. The van der Waals surface area contributed by atoms with Crippen molar-refractivity contribution in [2.75, 3.05) is 5.32 Å². The van der Waals surface area contributed by atoms with Gasteiger partial charge < -0.3 is 11.1 Å². The first-order valence-electron chi connectivity index (χ1n) is 6.38. The highest BCUT2D eigenvalue weighted by Gasteiger charge is 2.35. The van der Waals surface area contributed by atoms with E-state index >= 15 is 0 Å². The Hall–Kier alpha value is -0.870. The minimum Gasteiger partial charge on any atom is -0.324 e. The SMILES string of the molecule is Cc1ccc(NC(=O)C2(N)CCCCC2)cc1Br. The van der Waals surface area contributed by atoms with E-state index in [1.807, 2.05) is 25.1 Å². The van der Waals surface area contributed by atoms with Gasteiger partial charge in [-0.15, -0.1) is 0 Å². The van der Waals surface area contributed by atoms with Crippen LogP contribution >= 0.6 is 15.9 Å². The lowest BCUT2D eigenvalue weighted by atomic mass is 9.82. The Bertz CT molecular complexity index is 453. The number of amides is 1. The molecule has 0 unspecified atom stereocenters. The Morgan fingerprint density at radius 3 is 2.61 bits per heavy atom. The second kappa shape index (κ2) is 5.41. The van der Waals surface area contributed by atoms with E-state index in [1.54, 1.807) is 0 Å². The summed E-state index contributed by atoms with van der Waals surface area (Å²) in [6.45, 7) is 2.02. The lowest BCUT2D eigenvalue weighted by Gasteiger charge is -2.31. The molecule has 98 valence electrons. The molecule has 1 aromatic carbocycles. The van der Waals surface area contributed by atoms with Crippen molar-refractivity contribution in [3.8, 4) is 0 Å². The molecule has 3 N–H and O–H groups in total. The van der Waals surface area contributed by atoms with Gasteiger partial charge in [0.15, 0.2) is 0 Å². The molecule has 2 rings (SSSR count). The maximum atomic E-state index is 12.2. The highest BCUT2D eigenvalue weighted by Crippen LogP contribution is 2.28. The fourth-order valence-corrected chi connectivity index (χ4v) is 2.71. The molecule has 1 amide bonds. The summed E-state index contributed by atoms with van der Waals surface area (Å²) in [5.74, 6) is -0.0575. The third kappa shape index (κ3) is 2.93. The quantitative estimate of drug-likeness (QED) is 0.880. The summed E-state index contributed by atoms with van der Waals surface area (Å²) >= 11 is 3.46. The number of carbonyl (C=O) groups is 1. The summed E-state index contributed by atoms with van der Waals surface area (Å²) in [5.41, 5.74) is 7.46. The van der Waals surface area contributed by atoms with E-state index in [0.29, 0.717) is 0 Å². The number of halogens is 1. The Labute approximate surface area is 116 Å². The maximum absolute atomic E-state index is 12.2. The number of anilines is 1. The van der Waals surface area contributed by atoms with Gasteiger partial charge in [-0.2, -0.15) is 0 Å². The van der Waals surface area contributed by atoms with Crippen LogP contribution in [0.5, 0.6) is 0 Å². The fraction of sp³-hybridized carbons (Fsp3) is 0.500. The average molecular weight is 311 g/mol. The topological polar surface area (TPSA) is 55.1 Å². The summed E-state index contributed by atoms with van der Waals surface area (Å²) in [5, 5.41) is 2.93. The summed E-state index contributed by atoms with van der Waals surface area (Å²) < 4.78 is 0.995. The molecule has 0 radical (unpaired) electrons. The number of benzene rings is 1. The average Bonchev–Trinajstić information content (AvgIpc) is 2.35. The van der Waals surface area contributed by atoms with Gasteiger partial charge in [-0.1, -0.05) is 41.3 Å². The van der Waals surface area contributed by atoms with Gasteiger partial charge in [0.2, 0.25) is 5.91 Å². The molecule has 1 fully saturated rings. The highest BCUT2D eigenvalue weighted by molar-refractivity contribution is 9.10. The molecule has 0 heterocycles. The molecular formula is C14H19BrN2O. The molecule has 0 bridgehead atoms. The zero-order chi connectivity index (χ0) is 13.2. The minimum atomic E-state index is -0.685. The van der Waals surface area contributed by atoms with Crippen molar-refractivity contribution < 1.29 is 4.79 Å². The molecule has 0 aliphatic heterocycles. The van der Waals surface area contributed by atoms with E-state index in [9.17, 15) is 4.79 Å². The van der Waals surface area contributed by atoms with Crippen molar-refractivity contribution in [3.63, 3.8) is 0 Å². The van der Waals surface area contributed by atoms with Crippen LogP contribution in [0, 0.1) is 6.92 Å². The molecule has 1 aliphatic rings. The monoisotopic (exact) mass is 310 g/mol. The predicted molar refractivity (Wildman–Crippen MR) is 77.5 cm³/mol. The normalized spacial score (nSPS) is 18.4. The predicted octanol–water partition coefficient (Wildman–Crippen LogP) is 3.36. The van der Waals surface area contributed by atoms with E-state index in [0.717, 1.165) is 41.4 Å². The molecule has 0 spiro atoms. The smallest absolute Gasteiger partial charge is 0.244 e. The number of hydrogen-bond donors (Lipinski definition) is 2. The third-order valence-electron chi connectivity index (χ3n) is 3.63. The van der Waals surface area contributed by atoms with Gasteiger partial charge in [-0.25, -0.2) is 0 Å². The van der Waals surface area contributed by atoms with Crippen molar-refractivity contribution in [2.45, 2.75) is 44.6 Å². The summed E-state index contributed by atoms with van der Waals surface area (Å²) in [4.78, 5) is 12.2. The van der Waals surface area contributed by atoms with Crippen LogP contribution in [0.2, 0.25) is 0 Å². The highest BCUT2D eigenvalue weighted by atomic mass is 79.9. The van der Waals surface area contributed by atoms with Crippen molar-refractivity contribution in [1.82, 2.24) is 0 Å². The Morgan fingerprint density at radius 2 is 2.00 bits per heavy atom. The van der Waals surface area contributed by atoms with Gasteiger partial charge in [0, 0.05) is 10.2 Å². The molecule has 1 saturated carbocycles. The Balaban J connectivity index is 2.08. The first-order chi connectivity index (χ1) is 8.51.